The Kier molecular flexibility index (Phi) is 3.30. The van der Waals surface area contributed by atoms with Crippen LogP contribution in [-0.2, 0) is 9.53 Å². The third-order valence-corrected chi connectivity index (χ3v) is 4.46. The minimum Gasteiger partial charge on any atom is -0.381 e. The maximum absolute atomic E-state index is 12.3. The molecule has 1 unspecified atom stereocenters. The van der Waals surface area contributed by atoms with Gasteiger partial charge in [-0.15, -0.1) is 0 Å². The van der Waals surface area contributed by atoms with Crippen LogP contribution < -0.4 is 11.1 Å². The van der Waals surface area contributed by atoms with E-state index < -0.39 is 5.54 Å². The van der Waals surface area contributed by atoms with Gasteiger partial charge in [0.1, 0.15) is 0 Å². The molecule has 5 nitrogen and oxygen atoms in total. The summed E-state index contributed by atoms with van der Waals surface area (Å²) in [5, 5.41) is 3.14. The van der Waals surface area contributed by atoms with Crippen LogP contribution in [0.15, 0.2) is 0 Å². The number of ether oxygens (including phenoxy) is 1. The smallest absolute Gasteiger partial charge is 0.240 e. The lowest BCUT2D eigenvalue weighted by atomic mass is 9.90. The van der Waals surface area contributed by atoms with Crippen molar-refractivity contribution >= 4 is 5.91 Å². The number of hydrogen-bond acceptors (Lipinski definition) is 4. The molecule has 3 fully saturated rings. The largest absolute Gasteiger partial charge is 0.381 e. The van der Waals surface area contributed by atoms with Crippen molar-refractivity contribution in [3.8, 4) is 0 Å². The van der Waals surface area contributed by atoms with Crippen molar-refractivity contribution in [3.05, 3.63) is 0 Å². The van der Waals surface area contributed by atoms with Gasteiger partial charge in [0, 0.05) is 38.4 Å². The molecular formula is C13H23N3O2. The first kappa shape index (κ1) is 12.4. The van der Waals surface area contributed by atoms with Crippen LogP contribution in [0.2, 0.25) is 0 Å². The Bertz CT molecular complexity index is 324. The molecule has 2 saturated heterocycles. The van der Waals surface area contributed by atoms with Crippen molar-refractivity contribution in [1.82, 2.24) is 10.2 Å². The van der Waals surface area contributed by atoms with Gasteiger partial charge in [0.25, 0.3) is 0 Å². The average molecular weight is 253 g/mol. The Morgan fingerprint density at radius 1 is 1.28 bits per heavy atom. The van der Waals surface area contributed by atoms with Crippen LogP contribution in [0, 0.1) is 0 Å². The van der Waals surface area contributed by atoms with Gasteiger partial charge in [-0.2, -0.15) is 0 Å². The van der Waals surface area contributed by atoms with Gasteiger partial charge in [0.05, 0.1) is 5.54 Å². The maximum atomic E-state index is 12.3. The second-order valence-electron chi connectivity index (χ2n) is 5.95. The summed E-state index contributed by atoms with van der Waals surface area (Å²) in [5.41, 5.74) is 5.48. The number of nitrogens with one attached hydrogen (secondary N) is 1. The quantitative estimate of drug-likeness (QED) is 0.734. The molecule has 0 aromatic rings. The number of nitrogens with zero attached hydrogens (tertiary/aromatic N) is 1. The van der Waals surface area contributed by atoms with E-state index in [2.05, 4.69) is 10.2 Å². The van der Waals surface area contributed by atoms with Gasteiger partial charge >= 0.3 is 0 Å². The second-order valence-corrected chi connectivity index (χ2v) is 5.95. The molecule has 1 aliphatic carbocycles. The summed E-state index contributed by atoms with van der Waals surface area (Å²) in [7, 11) is 0. The number of hydrogen-bond donors (Lipinski definition) is 2. The van der Waals surface area contributed by atoms with Crippen LogP contribution in [-0.4, -0.2) is 54.7 Å². The molecule has 1 atom stereocenters. The third kappa shape index (κ3) is 2.53. The zero-order valence-corrected chi connectivity index (χ0v) is 10.9. The highest BCUT2D eigenvalue weighted by atomic mass is 16.5. The van der Waals surface area contributed by atoms with Crippen molar-refractivity contribution in [1.29, 1.82) is 0 Å². The summed E-state index contributed by atoms with van der Waals surface area (Å²) in [4.78, 5) is 14.8. The van der Waals surface area contributed by atoms with Gasteiger partial charge in [-0.05, 0) is 32.1 Å². The van der Waals surface area contributed by atoms with E-state index >= 15 is 0 Å². The van der Waals surface area contributed by atoms with Crippen LogP contribution >= 0.6 is 0 Å². The van der Waals surface area contributed by atoms with Crippen LogP contribution in [0.5, 0.6) is 0 Å². The Balaban J connectivity index is 1.51. The Labute approximate surface area is 108 Å². The molecule has 0 spiro atoms. The molecule has 2 aliphatic heterocycles. The fourth-order valence-corrected chi connectivity index (χ4v) is 2.97. The standard InChI is InChI=1S/C13H23N3O2/c14-13(4-7-18-8-5-13)12(17)15-10-3-6-16(9-10)11-1-2-11/h10-11H,1-9,14H2,(H,15,17). The van der Waals surface area contributed by atoms with E-state index in [-0.39, 0.29) is 5.91 Å². The fourth-order valence-electron chi connectivity index (χ4n) is 2.97. The van der Waals surface area contributed by atoms with Gasteiger partial charge in [0.2, 0.25) is 5.91 Å². The summed E-state index contributed by atoms with van der Waals surface area (Å²) in [6.45, 7) is 3.32. The SMILES string of the molecule is NC1(C(=O)NC2CCN(C3CC3)C2)CCOCC1. The lowest BCUT2D eigenvalue weighted by Gasteiger charge is -2.32. The minimum absolute atomic E-state index is 0.0217. The Hall–Kier alpha value is -0.650. The Morgan fingerprint density at radius 3 is 2.67 bits per heavy atom. The zero-order chi connectivity index (χ0) is 12.6. The molecule has 0 bridgehead atoms. The van der Waals surface area contributed by atoms with E-state index in [0.29, 0.717) is 32.1 Å². The van der Waals surface area contributed by atoms with E-state index in [4.69, 9.17) is 10.5 Å². The highest BCUT2D eigenvalue weighted by Gasteiger charge is 2.39. The molecule has 0 aromatic heterocycles. The number of carbonyl (C=O) groups excluding carboxylic acids is 1. The van der Waals surface area contributed by atoms with E-state index in [1.165, 1.54) is 12.8 Å². The number of likely N-dealkylation sites (tertiary alicyclic amines) is 1. The number of nitrogens with two attached hydrogens (primary N) is 1. The van der Waals surface area contributed by atoms with Crippen molar-refractivity contribution in [3.63, 3.8) is 0 Å². The van der Waals surface area contributed by atoms with Crippen LogP contribution in [0.4, 0.5) is 0 Å². The monoisotopic (exact) mass is 253 g/mol. The number of carbonyl (C=O) groups is 1. The molecule has 1 saturated carbocycles. The van der Waals surface area contributed by atoms with Crippen LogP contribution in [0.3, 0.4) is 0 Å². The average Bonchev–Trinajstić information content (AvgIpc) is 3.11. The molecule has 18 heavy (non-hydrogen) atoms. The zero-order valence-electron chi connectivity index (χ0n) is 10.9. The van der Waals surface area contributed by atoms with E-state index in [1.54, 1.807) is 0 Å². The summed E-state index contributed by atoms with van der Waals surface area (Å²) in [5.74, 6) is 0.0217. The van der Waals surface area contributed by atoms with Crippen LogP contribution in [0.25, 0.3) is 0 Å². The number of amides is 1. The first-order valence-corrected chi connectivity index (χ1v) is 7.09. The first-order chi connectivity index (χ1) is 8.67. The van der Waals surface area contributed by atoms with Gasteiger partial charge in [-0.1, -0.05) is 0 Å². The molecule has 3 rings (SSSR count). The topological polar surface area (TPSA) is 67.6 Å². The molecule has 3 aliphatic rings. The molecule has 102 valence electrons. The molecule has 0 aromatic carbocycles. The summed E-state index contributed by atoms with van der Waals surface area (Å²) in [6.07, 6.45) is 5.00. The molecule has 5 heteroatoms. The summed E-state index contributed by atoms with van der Waals surface area (Å²) >= 11 is 0. The molecule has 3 N–H and O–H groups in total. The highest BCUT2D eigenvalue weighted by molar-refractivity contribution is 5.86. The van der Waals surface area contributed by atoms with E-state index in [1.807, 2.05) is 0 Å². The highest BCUT2D eigenvalue weighted by Crippen LogP contribution is 2.30. The Morgan fingerprint density at radius 2 is 2.00 bits per heavy atom. The van der Waals surface area contributed by atoms with E-state index in [9.17, 15) is 4.79 Å². The predicted octanol–water partition coefficient (Wildman–Crippen LogP) is -0.153. The minimum atomic E-state index is -0.703. The van der Waals surface area contributed by atoms with Crippen molar-refractivity contribution in [2.45, 2.75) is 49.7 Å². The first-order valence-electron chi connectivity index (χ1n) is 7.09. The summed E-state index contributed by atoms with van der Waals surface area (Å²) < 4.78 is 5.27. The lowest BCUT2D eigenvalue weighted by molar-refractivity contribution is -0.130. The maximum Gasteiger partial charge on any atom is 0.240 e. The van der Waals surface area contributed by atoms with E-state index in [0.717, 1.165) is 25.6 Å². The summed E-state index contributed by atoms with van der Waals surface area (Å²) in [6, 6.07) is 1.09. The van der Waals surface area contributed by atoms with Crippen molar-refractivity contribution in [2.24, 2.45) is 5.73 Å². The predicted molar refractivity (Wildman–Crippen MR) is 68.1 cm³/mol. The third-order valence-electron chi connectivity index (χ3n) is 4.46. The van der Waals surface area contributed by atoms with Crippen molar-refractivity contribution in [2.75, 3.05) is 26.3 Å². The normalized spacial score (nSPS) is 32.4. The number of rotatable bonds is 3. The molecule has 0 radical (unpaired) electrons. The molecule has 2 heterocycles. The molecular weight excluding hydrogens is 230 g/mol. The van der Waals surface area contributed by atoms with Gasteiger partial charge in [-0.3, -0.25) is 9.69 Å². The van der Waals surface area contributed by atoms with Gasteiger partial charge < -0.3 is 15.8 Å². The lowest BCUT2D eigenvalue weighted by Crippen LogP contribution is -2.59. The van der Waals surface area contributed by atoms with Crippen molar-refractivity contribution < 1.29 is 9.53 Å². The second kappa shape index (κ2) is 4.79. The van der Waals surface area contributed by atoms with Crippen LogP contribution in [0.1, 0.15) is 32.1 Å². The fraction of sp³-hybridized carbons (Fsp3) is 0.923. The molecule has 1 amide bonds. The van der Waals surface area contributed by atoms with Gasteiger partial charge in [-0.25, -0.2) is 0 Å². The van der Waals surface area contributed by atoms with Gasteiger partial charge in [0.15, 0.2) is 0 Å².